The van der Waals surface area contributed by atoms with E-state index in [4.69, 9.17) is 9.84 Å². The molecule has 0 aromatic heterocycles. The number of benzene rings is 1. The van der Waals surface area contributed by atoms with Gasteiger partial charge in [-0.15, -0.1) is 0 Å². The molecule has 0 radical (unpaired) electrons. The van der Waals surface area contributed by atoms with Crippen molar-refractivity contribution in [1.29, 1.82) is 0 Å². The summed E-state index contributed by atoms with van der Waals surface area (Å²) in [5, 5.41) is 8.89. The van der Waals surface area contributed by atoms with Gasteiger partial charge in [-0.2, -0.15) is 12.6 Å². The minimum atomic E-state index is 0. The molecule has 1 aromatic carbocycles. The Hall–Kier alpha value is 1.13. The molecule has 134 valence electrons. The predicted octanol–water partition coefficient (Wildman–Crippen LogP) is 4.70. The molecule has 0 bridgehead atoms. The molecule has 0 saturated heterocycles. The Morgan fingerprint density at radius 2 is 1.58 bits per heavy atom. The van der Waals surface area contributed by atoms with Crippen LogP contribution in [0.3, 0.4) is 0 Å². The predicted molar refractivity (Wildman–Crippen MR) is 110 cm³/mol. The average Bonchev–Trinajstić information content (AvgIpc) is 2.58. The van der Waals surface area contributed by atoms with Crippen LogP contribution >= 0.6 is 12.6 Å². The minimum absolute atomic E-state index is 0. The first-order valence-electron chi connectivity index (χ1n) is 9.23. The second-order valence-corrected chi connectivity index (χ2v) is 6.88. The van der Waals surface area contributed by atoms with Crippen LogP contribution in [0.15, 0.2) is 24.3 Å². The van der Waals surface area contributed by atoms with Crippen LogP contribution in [0.25, 0.3) is 0 Å². The third-order valence-electron chi connectivity index (χ3n) is 4.20. The van der Waals surface area contributed by atoms with E-state index in [1.807, 2.05) is 0 Å². The molecule has 1 N–H and O–H groups in total. The number of ether oxygens (including phenoxy) is 1. The second-order valence-electron chi connectivity index (χ2n) is 6.25. The molecule has 1 aromatic rings. The topological polar surface area (TPSA) is 29.5 Å². The van der Waals surface area contributed by atoms with Crippen molar-refractivity contribution >= 4 is 64.0 Å². The number of rotatable bonds is 14. The third-order valence-corrected chi connectivity index (χ3v) is 4.76. The molecule has 0 aliphatic carbocycles. The SMILES string of the molecule is CCCCCCCCCc1ccc(C(S)CCOCCO)cc1.[KH]. The quantitative estimate of drug-likeness (QED) is 0.279. The van der Waals surface area contributed by atoms with E-state index in [1.54, 1.807) is 0 Å². The Morgan fingerprint density at radius 3 is 2.21 bits per heavy atom. The summed E-state index contributed by atoms with van der Waals surface area (Å²) in [6, 6.07) is 8.87. The normalized spacial score (nSPS) is 12.0. The molecular weight excluding hydrogens is 343 g/mol. The summed E-state index contributed by atoms with van der Waals surface area (Å²) in [5.41, 5.74) is 2.68. The number of hydrogen-bond acceptors (Lipinski definition) is 3. The van der Waals surface area contributed by atoms with Crippen LogP contribution in [0.2, 0.25) is 0 Å². The van der Waals surface area contributed by atoms with Crippen molar-refractivity contribution in [3.63, 3.8) is 0 Å². The number of aliphatic hydroxyl groups excluding tert-OH is 1. The zero-order valence-electron chi connectivity index (χ0n) is 14.7. The van der Waals surface area contributed by atoms with Gasteiger partial charge in [0.1, 0.15) is 0 Å². The first-order valence-corrected chi connectivity index (χ1v) is 9.75. The van der Waals surface area contributed by atoms with Crippen molar-refractivity contribution in [3.05, 3.63) is 35.4 Å². The summed E-state index contributed by atoms with van der Waals surface area (Å²) < 4.78 is 5.30. The number of hydrogen-bond donors (Lipinski definition) is 2. The van der Waals surface area contributed by atoms with Gasteiger partial charge in [-0.1, -0.05) is 69.7 Å². The van der Waals surface area contributed by atoms with Gasteiger partial charge in [0.15, 0.2) is 0 Å². The van der Waals surface area contributed by atoms with Crippen LogP contribution in [0.1, 0.15) is 74.7 Å². The maximum atomic E-state index is 8.68. The number of unbranched alkanes of at least 4 members (excludes halogenated alkanes) is 6. The van der Waals surface area contributed by atoms with Gasteiger partial charge in [0.2, 0.25) is 0 Å². The molecule has 1 atom stereocenters. The number of aryl methyl sites for hydroxylation is 1. The maximum absolute atomic E-state index is 8.68. The fraction of sp³-hybridized carbons (Fsp3) is 0.700. The fourth-order valence-corrected chi connectivity index (χ4v) is 3.00. The van der Waals surface area contributed by atoms with Crippen LogP contribution in [-0.4, -0.2) is 76.3 Å². The Bertz CT molecular complexity index is 384. The summed E-state index contributed by atoms with van der Waals surface area (Å²) in [5.74, 6) is 0. The van der Waals surface area contributed by atoms with Gasteiger partial charge in [-0.05, 0) is 30.4 Å². The fourth-order valence-electron chi connectivity index (χ4n) is 2.72. The number of aliphatic hydroxyl groups is 1. The molecule has 1 rings (SSSR count). The zero-order valence-corrected chi connectivity index (χ0v) is 15.6. The van der Waals surface area contributed by atoms with Gasteiger partial charge in [0, 0.05) is 11.9 Å². The summed E-state index contributed by atoms with van der Waals surface area (Å²) >= 11 is 4.64. The van der Waals surface area contributed by atoms with E-state index in [2.05, 4.69) is 43.8 Å². The molecule has 2 nitrogen and oxygen atoms in total. The van der Waals surface area contributed by atoms with Crippen LogP contribution in [-0.2, 0) is 11.2 Å². The van der Waals surface area contributed by atoms with Crippen LogP contribution in [0, 0.1) is 0 Å². The van der Waals surface area contributed by atoms with Crippen molar-refractivity contribution in [2.75, 3.05) is 19.8 Å². The molecule has 0 fully saturated rings. The Balaban J connectivity index is 0.00000529. The second kappa shape index (κ2) is 17.5. The van der Waals surface area contributed by atoms with Gasteiger partial charge >= 0.3 is 51.4 Å². The van der Waals surface area contributed by atoms with E-state index in [9.17, 15) is 0 Å². The molecule has 0 aliphatic rings. The molecular formula is C20H35KO2S. The molecule has 0 saturated carbocycles. The Morgan fingerprint density at radius 1 is 0.958 bits per heavy atom. The molecule has 0 aliphatic heterocycles. The summed E-state index contributed by atoms with van der Waals surface area (Å²) in [7, 11) is 0. The van der Waals surface area contributed by atoms with E-state index in [-0.39, 0.29) is 63.2 Å². The van der Waals surface area contributed by atoms with Gasteiger partial charge in [0.05, 0.1) is 13.2 Å². The van der Waals surface area contributed by atoms with E-state index in [0.29, 0.717) is 13.2 Å². The van der Waals surface area contributed by atoms with Gasteiger partial charge in [-0.25, -0.2) is 0 Å². The number of thiol groups is 1. The molecule has 4 heteroatoms. The average molecular weight is 379 g/mol. The monoisotopic (exact) mass is 378 g/mol. The van der Waals surface area contributed by atoms with Crippen molar-refractivity contribution in [2.24, 2.45) is 0 Å². The van der Waals surface area contributed by atoms with Crippen molar-refractivity contribution in [3.8, 4) is 0 Å². The molecule has 1 unspecified atom stereocenters. The van der Waals surface area contributed by atoms with Gasteiger partial charge in [-0.3, -0.25) is 0 Å². The van der Waals surface area contributed by atoms with Crippen molar-refractivity contribution < 1.29 is 9.84 Å². The van der Waals surface area contributed by atoms with Gasteiger partial charge in [0.25, 0.3) is 0 Å². The summed E-state index contributed by atoms with van der Waals surface area (Å²) in [6.45, 7) is 3.41. The van der Waals surface area contributed by atoms with E-state index < -0.39 is 0 Å². The summed E-state index contributed by atoms with van der Waals surface area (Å²) in [4.78, 5) is 0. The van der Waals surface area contributed by atoms with Crippen LogP contribution in [0.4, 0.5) is 0 Å². The Labute approximate surface area is 197 Å². The van der Waals surface area contributed by atoms with E-state index in [1.165, 1.54) is 62.5 Å². The summed E-state index contributed by atoms with van der Waals surface area (Å²) in [6.07, 6.45) is 11.6. The van der Waals surface area contributed by atoms with Crippen LogP contribution in [0.5, 0.6) is 0 Å². The van der Waals surface area contributed by atoms with Gasteiger partial charge < -0.3 is 9.84 Å². The molecule has 24 heavy (non-hydrogen) atoms. The van der Waals surface area contributed by atoms with Crippen LogP contribution < -0.4 is 0 Å². The van der Waals surface area contributed by atoms with Crippen molar-refractivity contribution in [2.45, 2.75) is 70.0 Å². The molecule has 0 amide bonds. The van der Waals surface area contributed by atoms with E-state index in [0.717, 1.165) is 6.42 Å². The molecule has 0 spiro atoms. The van der Waals surface area contributed by atoms with Crippen molar-refractivity contribution in [1.82, 2.24) is 0 Å². The first-order chi connectivity index (χ1) is 11.3. The zero-order chi connectivity index (χ0) is 16.8. The third kappa shape index (κ3) is 12.5. The molecule has 0 heterocycles. The standard InChI is InChI=1S/C20H34O2S.K.H/c1-2-3-4-5-6-7-8-9-18-10-12-19(13-11-18)20(23)14-16-22-17-15-21;;/h10-13,20-21,23H,2-9,14-17H2,1H3;;. The first kappa shape index (κ1) is 25.1. The van der Waals surface area contributed by atoms with E-state index >= 15 is 0 Å². The Kier molecular flexibility index (Phi) is 18.4.